The van der Waals surface area contributed by atoms with Crippen LogP contribution in [0.3, 0.4) is 0 Å². The average Bonchev–Trinajstić information content (AvgIpc) is 3.14. The molecule has 2 unspecified atom stereocenters. The molecule has 0 bridgehead atoms. The van der Waals surface area contributed by atoms with Gasteiger partial charge in [0.2, 0.25) is 0 Å². The summed E-state index contributed by atoms with van der Waals surface area (Å²) in [7, 11) is 1.76. The number of rotatable bonds is 6. The van der Waals surface area contributed by atoms with Crippen LogP contribution in [0.4, 0.5) is 13.2 Å². The van der Waals surface area contributed by atoms with E-state index in [9.17, 15) is 13.2 Å². The Morgan fingerprint density at radius 2 is 1.93 bits per heavy atom. The highest BCUT2D eigenvalue weighted by Gasteiger charge is 2.34. The summed E-state index contributed by atoms with van der Waals surface area (Å²) in [6.45, 7) is 4.15. The SMILES string of the molecule is CN=C(NCC1CCN(CC(F)(F)F)C1)N1CCC(OCC2CCCCO2)CC1. The van der Waals surface area contributed by atoms with Crippen LogP contribution < -0.4 is 5.32 Å². The Bertz CT molecular complexity index is 518. The van der Waals surface area contributed by atoms with Gasteiger partial charge in [0.05, 0.1) is 25.4 Å². The van der Waals surface area contributed by atoms with Gasteiger partial charge in [0, 0.05) is 39.8 Å². The van der Waals surface area contributed by atoms with Crippen molar-refractivity contribution in [2.24, 2.45) is 10.9 Å². The third kappa shape index (κ3) is 7.61. The highest BCUT2D eigenvalue weighted by Crippen LogP contribution is 2.23. The summed E-state index contributed by atoms with van der Waals surface area (Å²) in [4.78, 5) is 8.09. The van der Waals surface area contributed by atoms with Gasteiger partial charge < -0.3 is 19.7 Å². The monoisotopic (exact) mass is 420 g/mol. The van der Waals surface area contributed by atoms with E-state index in [4.69, 9.17) is 9.47 Å². The number of likely N-dealkylation sites (tertiary alicyclic amines) is 2. The maximum Gasteiger partial charge on any atom is 0.401 e. The second-order valence-corrected chi connectivity index (χ2v) is 8.44. The lowest BCUT2D eigenvalue weighted by Crippen LogP contribution is -2.48. The number of alkyl halides is 3. The van der Waals surface area contributed by atoms with E-state index < -0.39 is 12.7 Å². The fourth-order valence-corrected chi connectivity index (χ4v) is 4.46. The van der Waals surface area contributed by atoms with Gasteiger partial charge in [-0.1, -0.05) is 0 Å². The molecule has 0 aromatic rings. The summed E-state index contributed by atoms with van der Waals surface area (Å²) >= 11 is 0. The van der Waals surface area contributed by atoms with Gasteiger partial charge in [0.15, 0.2) is 5.96 Å². The minimum atomic E-state index is -4.12. The van der Waals surface area contributed by atoms with Gasteiger partial charge in [0.25, 0.3) is 0 Å². The Balaban J connectivity index is 1.33. The van der Waals surface area contributed by atoms with E-state index in [1.807, 2.05) is 0 Å². The molecule has 9 heteroatoms. The zero-order valence-corrected chi connectivity index (χ0v) is 17.4. The van der Waals surface area contributed by atoms with Crippen LogP contribution in [0.15, 0.2) is 4.99 Å². The molecule has 0 saturated carbocycles. The number of ether oxygens (including phenoxy) is 2. The third-order valence-electron chi connectivity index (χ3n) is 6.07. The second kappa shape index (κ2) is 10.8. The van der Waals surface area contributed by atoms with Crippen molar-refractivity contribution in [2.75, 3.05) is 59.5 Å². The summed E-state index contributed by atoms with van der Waals surface area (Å²) in [6.07, 6.45) is 2.57. The lowest BCUT2D eigenvalue weighted by atomic mass is 10.1. The molecule has 0 radical (unpaired) electrons. The number of hydrogen-bond acceptors (Lipinski definition) is 4. The van der Waals surface area contributed by atoms with Gasteiger partial charge in [0.1, 0.15) is 0 Å². The van der Waals surface area contributed by atoms with Crippen molar-refractivity contribution in [3.05, 3.63) is 0 Å². The Morgan fingerprint density at radius 3 is 2.59 bits per heavy atom. The quantitative estimate of drug-likeness (QED) is 0.529. The molecule has 0 aromatic carbocycles. The number of hydrogen-bond donors (Lipinski definition) is 1. The minimum absolute atomic E-state index is 0.227. The predicted molar refractivity (Wildman–Crippen MR) is 106 cm³/mol. The zero-order valence-electron chi connectivity index (χ0n) is 17.4. The van der Waals surface area contributed by atoms with Gasteiger partial charge in [-0.25, -0.2) is 0 Å². The lowest BCUT2D eigenvalue weighted by molar-refractivity contribution is -0.143. The van der Waals surface area contributed by atoms with E-state index in [1.165, 1.54) is 11.3 Å². The normalized spacial score (nSPS) is 28.1. The molecular weight excluding hydrogens is 385 g/mol. The number of piperidine rings is 1. The first-order chi connectivity index (χ1) is 13.9. The standard InChI is InChI=1S/C20H35F3N4O2/c1-24-19(25-12-16-5-8-26(13-16)15-20(21,22)23)27-9-6-17(7-10-27)29-14-18-4-2-3-11-28-18/h16-18H,2-15H2,1H3,(H,24,25). The number of nitrogens with one attached hydrogen (secondary N) is 1. The number of halogens is 3. The molecule has 0 amide bonds. The van der Waals surface area contributed by atoms with E-state index in [-0.39, 0.29) is 18.1 Å². The first kappa shape index (κ1) is 22.6. The number of aliphatic imine (C=N–C) groups is 1. The Morgan fingerprint density at radius 1 is 1.14 bits per heavy atom. The van der Waals surface area contributed by atoms with Crippen molar-refractivity contribution in [1.82, 2.24) is 15.1 Å². The van der Waals surface area contributed by atoms with Gasteiger partial charge in [-0.3, -0.25) is 9.89 Å². The molecule has 0 aliphatic carbocycles. The van der Waals surface area contributed by atoms with Gasteiger partial charge in [-0.15, -0.1) is 0 Å². The topological polar surface area (TPSA) is 49.3 Å². The molecule has 3 heterocycles. The largest absolute Gasteiger partial charge is 0.401 e. The van der Waals surface area contributed by atoms with Crippen LogP contribution in [-0.4, -0.2) is 93.7 Å². The Kier molecular flexibility index (Phi) is 8.44. The first-order valence-electron chi connectivity index (χ1n) is 10.9. The molecule has 3 rings (SSSR count). The van der Waals surface area contributed by atoms with Crippen LogP contribution in [-0.2, 0) is 9.47 Å². The van der Waals surface area contributed by atoms with E-state index in [1.54, 1.807) is 7.05 Å². The average molecular weight is 421 g/mol. The van der Waals surface area contributed by atoms with Crippen molar-refractivity contribution in [3.8, 4) is 0 Å². The van der Waals surface area contributed by atoms with E-state index in [0.29, 0.717) is 26.2 Å². The molecule has 2 atom stereocenters. The molecule has 3 aliphatic heterocycles. The minimum Gasteiger partial charge on any atom is -0.376 e. The molecule has 29 heavy (non-hydrogen) atoms. The first-order valence-corrected chi connectivity index (χ1v) is 10.9. The van der Waals surface area contributed by atoms with Crippen molar-refractivity contribution < 1.29 is 22.6 Å². The molecule has 0 aromatic heterocycles. The molecule has 3 aliphatic rings. The summed E-state index contributed by atoms with van der Waals surface area (Å²) in [5.41, 5.74) is 0. The fraction of sp³-hybridized carbons (Fsp3) is 0.950. The van der Waals surface area contributed by atoms with Crippen LogP contribution in [0, 0.1) is 5.92 Å². The Hall–Kier alpha value is -1.06. The molecular formula is C20H35F3N4O2. The Labute approximate surface area is 171 Å². The van der Waals surface area contributed by atoms with Crippen molar-refractivity contribution >= 4 is 5.96 Å². The number of nitrogens with zero attached hydrogens (tertiary/aromatic N) is 3. The highest BCUT2D eigenvalue weighted by atomic mass is 19.4. The maximum absolute atomic E-state index is 12.5. The molecule has 3 saturated heterocycles. The summed E-state index contributed by atoms with van der Waals surface area (Å²) < 4.78 is 49.4. The number of guanidine groups is 1. The highest BCUT2D eigenvalue weighted by molar-refractivity contribution is 5.79. The van der Waals surface area contributed by atoms with Crippen LogP contribution in [0.1, 0.15) is 38.5 Å². The molecule has 6 nitrogen and oxygen atoms in total. The van der Waals surface area contributed by atoms with E-state index in [0.717, 1.165) is 57.8 Å². The maximum atomic E-state index is 12.5. The van der Waals surface area contributed by atoms with E-state index in [2.05, 4.69) is 15.2 Å². The van der Waals surface area contributed by atoms with Crippen molar-refractivity contribution in [2.45, 2.75) is 56.9 Å². The summed E-state index contributed by atoms with van der Waals surface area (Å²) in [5, 5.41) is 3.37. The van der Waals surface area contributed by atoms with Crippen molar-refractivity contribution in [3.63, 3.8) is 0 Å². The lowest BCUT2D eigenvalue weighted by Gasteiger charge is -2.35. The molecule has 1 N–H and O–H groups in total. The fourth-order valence-electron chi connectivity index (χ4n) is 4.46. The van der Waals surface area contributed by atoms with E-state index >= 15 is 0 Å². The van der Waals surface area contributed by atoms with Gasteiger partial charge in [-0.2, -0.15) is 13.2 Å². The van der Waals surface area contributed by atoms with Crippen LogP contribution in [0.2, 0.25) is 0 Å². The smallest absolute Gasteiger partial charge is 0.376 e. The van der Waals surface area contributed by atoms with Gasteiger partial charge in [-0.05, 0) is 51.0 Å². The summed E-state index contributed by atoms with van der Waals surface area (Å²) in [6, 6.07) is 0. The molecule has 3 fully saturated rings. The second-order valence-electron chi connectivity index (χ2n) is 8.44. The summed E-state index contributed by atoms with van der Waals surface area (Å²) in [5.74, 6) is 1.07. The molecule has 0 spiro atoms. The third-order valence-corrected chi connectivity index (χ3v) is 6.07. The zero-order chi connectivity index (χ0) is 20.7. The van der Waals surface area contributed by atoms with Gasteiger partial charge >= 0.3 is 6.18 Å². The van der Waals surface area contributed by atoms with Crippen molar-refractivity contribution in [1.29, 1.82) is 0 Å². The predicted octanol–water partition coefficient (Wildman–Crippen LogP) is 2.50. The van der Waals surface area contributed by atoms with Crippen LogP contribution in [0.25, 0.3) is 0 Å². The van der Waals surface area contributed by atoms with Crippen LogP contribution in [0.5, 0.6) is 0 Å². The molecule has 168 valence electrons. The van der Waals surface area contributed by atoms with Crippen LogP contribution >= 0.6 is 0 Å².